The van der Waals surface area contributed by atoms with Gasteiger partial charge in [-0.05, 0) is 47.7 Å². The smallest absolute Gasteiger partial charge is 0.303 e. The lowest BCUT2D eigenvalue weighted by atomic mass is 10.0. The summed E-state index contributed by atoms with van der Waals surface area (Å²) in [5, 5.41) is 14.7. The Morgan fingerprint density at radius 1 is 1.04 bits per heavy atom. The van der Waals surface area contributed by atoms with Crippen LogP contribution in [0.2, 0.25) is 0 Å². The zero-order chi connectivity index (χ0) is 19.5. The lowest BCUT2D eigenvalue weighted by molar-refractivity contribution is -0.136. The third-order valence-corrected chi connectivity index (χ3v) is 4.87. The van der Waals surface area contributed by atoms with Crippen LogP contribution in [0.3, 0.4) is 0 Å². The van der Waals surface area contributed by atoms with Gasteiger partial charge in [0.15, 0.2) is 5.82 Å². The largest absolute Gasteiger partial charge is 0.481 e. The normalized spacial score (nSPS) is 11.0. The maximum atomic E-state index is 10.7. The standard InChI is InChI=1S/C23H21N3O2/c1-2-20-19-12-11-18(17-9-6-16(7-10-17)8-13-23(27)28)15-21(19)26(25-20)22-5-3-4-14-24-22/h3-7,9-12,14-15H,2,8,13H2,1H3,(H,27,28). The van der Waals surface area contributed by atoms with E-state index in [4.69, 9.17) is 10.2 Å². The summed E-state index contributed by atoms with van der Waals surface area (Å²) in [4.78, 5) is 15.2. The van der Waals surface area contributed by atoms with Crippen LogP contribution >= 0.6 is 0 Å². The first-order chi connectivity index (χ1) is 13.7. The number of hydrogen-bond acceptors (Lipinski definition) is 3. The summed E-state index contributed by atoms with van der Waals surface area (Å²) >= 11 is 0. The molecule has 2 aromatic carbocycles. The minimum atomic E-state index is -0.774. The Balaban J connectivity index is 1.74. The Morgan fingerprint density at radius 3 is 2.50 bits per heavy atom. The minimum absolute atomic E-state index is 0.147. The summed E-state index contributed by atoms with van der Waals surface area (Å²) in [5.74, 6) is 0.0254. The molecule has 5 heteroatoms. The summed E-state index contributed by atoms with van der Waals surface area (Å²) < 4.78 is 1.90. The number of hydrogen-bond donors (Lipinski definition) is 1. The monoisotopic (exact) mass is 371 g/mol. The van der Waals surface area contributed by atoms with E-state index in [1.807, 2.05) is 47.1 Å². The van der Waals surface area contributed by atoms with E-state index in [9.17, 15) is 4.79 Å². The molecule has 0 saturated heterocycles. The number of carbonyl (C=O) groups is 1. The minimum Gasteiger partial charge on any atom is -0.481 e. The topological polar surface area (TPSA) is 68.0 Å². The maximum absolute atomic E-state index is 10.7. The molecule has 0 aliphatic carbocycles. The van der Waals surface area contributed by atoms with Crippen molar-refractivity contribution in [3.63, 3.8) is 0 Å². The highest BCUT2D eigenvalue weighted by Gasteiger charge is 2.12. The fourth-order valence-corrected chi connectivity index (χ4v) is 3.39. The number of aryl methyl sites for hydroxylation is 2. The molecule has 0 amide bonds. The second-order valence-corrected chi connectivity index (χ2v) is 6.72. The van der Waals surface area contributed by atoms with Gasteiger partial charge in [0, 0.05) is 18.0 Å². The highest BCUT2D eigenvalue weighted by Crippen LogP contribution is 2.28. The van der Waals surface area contributed by atoms with Gasteiger partial charge in [-0.2, -0.15) is 5.10 Å². The average molecular weight is 371 g/mol. The van der Waals surface area contributed by atoms with Gasteiger partial charge in [0.05, 0.1) is 11.2 Å². The van der Waals surface area contributed by atoms with Crippen LogP contribution in [0.5, 0.6) is 0 Å². The number of benzene rings is 2. The van der Waals surface area contributed by atoms with Gasteiger partial charge in [0.1, 0.15) is 0 Å². The number of nitrogens with zero attached hydrogens (tertiary/aromatic N) is 3. The predicted molar refractivity (Wildman–Crippen MR) is 110 cm³/mol. The zero-order valence-corrected chi connectivity index (χ0v) is 15.7. The quantitative estimate of drug-likeness (QED) is 0.535. The Morgan fingerprint density at radius 2 is 1.82 bits per heavy atom. The molecule has 0 atom stereocenters. The molecule has 0 radical (unpaired) electrons. The summed E-state index contributed by atoms with van der Waals surface area (Å²) in [6.45, 7) is 2.11. The van der Waals surface area contributed by atoms with Gasteiger partial charge in [-0.15, -0.1) is 0 Å². The molecule has 1 N–H and O–H groups in total. The first-order valence-corrected chi connectivity index (χ1v) is 9.40. The van der Waals surface area contributed by atoms with Crippen LogP contribution in [0.25, 0.3) is 27.8 Å². The van der Waals surface area contributed by atoms with E-state index in [1.54, 1.807) is 6.20 Å². The van der Waals surface area contributed by atoms with Crippen molar-refractivity contribution in [2.24, 2.45) is 0 Å². The Labute approximate surface area is 163 Å². The van der Waals surface area contributed by atoms with Crippen molar-refractivity contribution in [1.29, 1.82) is 0 Å². The SMILES string of the molecule is CCc1nn(-c2ccccn2)c2cc(-c3ccc(CCC(=O)O)cc3)ccc12. The van der Waals surface area contributed by atoms with E-state index in [2.05, 4.69) is 30.1 Å². The molecule has 0 bridgehead atoms. The van der Waals surface area contributed by atoms with Crippen molar-refractivity contribution in [1.82, 2.24) is 14.8 Å². The average Bonchev–Trinajstić information content (AvgIpc) is 3.11. The number of carboxylic acid groups (broad SMARTS) is 1. The zero-order valence-electron chi connectivity index (χ0n) is 15.7. The number of fused-ring (bicyclic) bond motifs is 1. The van der Waals surface area contributed by atoms with Gasteiger partial charge >= 0.3 is 5.97 Å². The van der Waals surface area contributed by atoms with Crippen molar-refractivity contribution in [2.75, 3.05) is 0 Å². The first kappa shape index (κ1) is 17.9. The van der Waals surface area contributed by atoms with Gasteiger partial charge < -0.3 is 5.11 Å². The molecule has 0 aliphatic rings. The molecule has 28 heavy (non-hydrogen) atoms. The molecule has 4 rings (SSSR count). The van der Waals surface area contributed by atoms with Gasteiger partial charge in [-0.1, -0.05) is 49.4 Å². The number of aliphatic carboxylic acids is 1. The van der Waals surface area contributed by atoms with Gasteiger partial charge in [0.25, 0.3) is 0 Å². The number of pyridine rings is 1. The number of aromatic nitrogens is 3. The maximum Gasteiger partial charge on any atom is 0.303 e. The molecule has 0 saturated carbocycles. The lowest BCUT2D eigenvalue weighted by Gasteiger charge is -2.06. The molecule has 4 aromatic rings. The van der Waals surface area contributed by atoms with Crippen molar-refractivity contribution in [3.05, 3.63) is 78.1 Å². The molecule has 0 fully saturated rings. The predicted octanol–water partition coefficient (Wildman–Crippen LogP) is 4.67. The van der Waals surface area contributed by atoms with E-state index in [-0.39, 0.29) is 6.42 Å². The third kappa shape index (κ3) is 3.51. The summed E-state index contributed by atoms with van der Waals surface area (Å²) in [6.07, 6.45) is 3.32. The van der Waals surface area contributed by atoms with Crippen LogP contribution < -0.4 is 0 Å². The highest BCUT2D eigenvalue weighted by molar-refractivity contribution is 5.88. The Hall–Kier alpha value is -3.47. The van der Waals surface area contributed by atoms with E-state index in [0.717, 1.165) is 45.5 Å². The van der Waals surface area contributed by atoms with E-state index in [1.165, 1.54) is 0 Å². The number of carboxylic acids is 1. The van der Waals surface area contributed by atoms with E-state index < -0.39 is 5.97 Å². The van der Waals surface area contributed by atoms with Crippen LogP contribution in [0.4, 0.5) is 0 Å². The summed E-state index contributed by atoms with van der Waals surface area (Å²) in [7, 11) is 0. The second kappa shape index (κ2) is 7.64. The third-order valence-electron chi connectivity index (χ3n) is 4.87. The van der Waals surface area contributed by atoms with Crippen molar-refractivity contribution in [2.45, 2.75) is 26.2 Å². The lowest BCUT2D eigenvalue weighted by Crippen LogP contribution is -1.99. The molecular weight excluding hydrogens is 350 g/mol. The molecule has 2 aromatic heterocycles. The molecule has 140 valence electrons. The molecule has 5 nitrogen and oxygen atoms in total. The van der Waals surface area contributed by atoms with Crippen LogP contribution in [0.1, 0.15) is 24.6 Å². The fraction of sp³-hybridized carbons (Fsp3) is 0.174. The number of rotatable bonds is 6. The fourth-order valence-electron chi connectivity index (χ4n) is 3.39. The molecule has 2 heterocycles. The second-order valence-electron chi connectivity index (χ2n) is 6.72. The van der Waals surface area contributed by atoms with Crippen molar-refractivity contribution >= 4 is 16.9 Å². The Bertz CT molecular complexity index is 1120. The summed E-state index contributed by atoms with van der Waals surface area (Å²) in [5.41, 5.74) is 5.29. The molecule has 0 aliphatic heterocycles. The van der Waals surface area contributed by atoms with Gasteiger partial charge in [0.2, 0.25) is 0 Å². The van der Waals surface area contributed by atoms with Crippen LogP contribution in [0, 0.1) is 0 Å². The van der Waals surface area contributed by atoms with Crippen LogP contribution in [0.15, 0.2) is 66.9 Å². The summed E-state index contributed by atoms with van der Waals surface area (Å²) in [6, 6.07) is 20.3. The van der Waals surface area contributed by atoms with Gasteiger partial charge in [-0.25, -0.2) is 9.67 Å². The highest BCUT2D eigenvalue weighted by atomic mass is 16.4. The van der Waals surface area contributed by atoms with Gasteiger partial charge in [-0.3, -0.25) is 4.79 Å². The first-order valence-electron chi connectivity index (χ1n) is 9.40. The Kier molecular flexibility index (Phi) is 4.89. The van der Waals surface area contributed by atoms with Crippen LogP contribution in [-0.2, 0) is 17.6 Å². The van der Waals surface area contributed by atoms with E-state index >= 15 is 0 Å². The van der Waals surface area contributed by atoms with Crippen molar-refractivity contribution < 1.29 is 9.90 Å². The molecule has 0 spiro atoms. The van der Waals surface area contributed by atoms with E-state index in [0.29, 0.717) is 6.42 Å². The van der Waals surface area contributed by atoms with Crippen molar-refractivity contribution in [3.8, 4) is 16.9 Å². The molecule has 0 unspecified atom stereocenters. The van der Waals surface area contributed by atoms with Crippen LogP contribution in [-0.4, -0.2) is 25.8 Å². The molecular formula is C23H21N3O2.